The number of allylic oxidation sites excluding steroid dienone is 1. The second-order valence-corrected chi connectivity index (χ2v) is 7.53. The molecule has 1 saturated carbocycles. The van der Waals surface area contributed by atoms with Gasteiger partial charge < -0.3 is 14.7 Å². The summed E-state index contributed by atoms with van der Waals surface area (Å²) in [6.07, 6.45) is 4.83. The maximum atomic E-state index is 11.6. The minimum absolute atomic E-state index is 0.147. The van der Waals surface area contributed by atoms with Crippen LogP contribution in [-0.4, -0.2) is 37.8 Å². The number of rotatable bonds is 5. The normalized spacial score (nSPS) is 24.8. The molecule has 2 unspecified atom stereocenters. The van der Waals surface area contributed by atoms with Crippen LogP contribution in [0.25, 0.3) is 6.08 Å². The molecule has 0 heterocycles. The lowest BCUT2D eigenvalue weighted by Gasteiger charge is -2.42. The summed E-state index contributed by atoms with van der Waals surface area (Å²) in [5, 5.41) is 11.6. The summed E-state index contributed by atoms with van der Waals surface area (Å²) in [5.41, 5.74) is 2.78. The van der Waals surface area contributed by atoms with Gasteiger partial charge in [-0.2, -0.15) is 0 Å². The van der Waals surface area contributed by atoms with E-state index in [1.54, 1.807) is 7.11 Å². The molecule has 2 atom stereocenters. The second kappa shape index (κ2) is 8.07. The van der Waals surface area contributed by atoms with Gasteiger partial charge >= 0.3 is 0 Å². The Morgan fingerprint density at radius 3 is 2.62 bits per heavy atom. The molecule has 1 N–H and O–H groups in total. The number of nitrogens with zero attached hydrogens (tertiary/aromatic N) is 1. The SMILES string of the molecule is COc1cccc(C2(O)CC/C(=C/c3ccccc3)CC2CN(C)C)c1. The lowest BCUT2D eigenvalue weighted by Crippen LogP contribution is -2.43. The van der Waals surface area contributed by atoms with Gasteiger partial charge in [0.1, 0.15) is 5.75 Å². The summed E-state index contributed by atoms with van der Waals surface area (Å²) >= 11 is 0. The van der Waals surface area contributed by atoms with Gasteiger partial charge in [-0.1, -0.05) is 54.1 Å². The van der Waals surface area contributed by atoms with E-state index >= 15 is 0 Å². The molecule has 1 fully saturated rings. The van der Waals surface area contributed by atoms with Gasteiger partial charge in [0.2, 0.25) is 0 Å². The van der Waals surface area contributed by atoms with Crippen LogP contribution in [-0.2, 0) is 5.60 Å². The summed E-state index contributed by atoms with van der Waals surface area (Å²) in [7, 11) is 5.81. The maximum absolute atomic E-state index is 11.6. The fourth-order valence-electron chi connectivity index (χ4n) is 3.99. The molecular weight excluding hydrogens is 322 g/mol. The zero-order chi connectivity index (χ0) is 18.6. The minimum atomic E-state index is -0.827. The smallest absolute Gasteiger partial charge is 0.119 e. The van der Waals surface area contributed by atoms with Gasteiger partial charge in [-0.05, 0) is 56.6 Å². The lowest BCUT2D eigenvalue weighted by molar-refractivity contribution is -0.0509. The summed E-state index contributed by atoms with van der Waals surface area (Å²) in [6, 6.07) is 18.3. The highest BCUT2D eigenvalue weighted by molar-refractivity contribution is 5.53. The first-order valence-electron chi connectivity index (χ1n) is 9.27. The Morgan fingerprint density at radius 1 is 1.15 bits per heavy atom. The highest BCUT2D eigenvalue weighted by Gasteiger charge is 2.42. The molecule has 3 heteroatoms. The van der Waals surface area contributed by atoms with Crippen LogP contribution in [0.4, 0.5) is 0 Å². The Labute approximate surface area is 156 Å². The predicted molar refractivity (Wildman–Crippen MR) is 107 cm³/mol. The maximum Gasteiger partial charge on any atom is 0.119 e. The Kier molecular flexibility index (Phi) is 5.80. The number of methoxy groups -OCH3 is 1. The number of hydrogen-bond acceptors (Lipinski definition) is 3. The highest BCUT2D eigenvalue weighted by Crippen LogP contribution is 2.45. The van der Waals surface area contributed by atoms with E-state index in [1.807, 2.05) is 30.3 Å². The third-order valence-electron chi connectivity index (χ3n) is 5.34. The topological polar surface area (TPSA) is 32.7 Å². The van der Waals surface area contributed by atoms with E-state index in [0.29, 0.717) is 0 Å². The Bertz CT molecular complexity index is 754. The molecule has 3 rings (SSSR count). The van der Waals surface area contributed by atoms with Crippen molar-refractivity contribution < 1.29 is 9.84 Å². The molecule has 2 aromatic rings. The molecule has 0 saturated heterocycles. The van der Waals surface area contributed by atoms with Crippen molar-refractivity contribution >= 4 is 6.08 Å². The van der Waals surface area contributed by atoms with Gasteiger partial charge in [-0.25, -0.2) is 0 Å². The van der Waals surface area contributed by atoms with Crippen molar-refractivity contribution in [1.29, 1.82) is 0 Å². The van der Waals surface area contributed by atoms with Crippen molar-refractivity contribution in [3.63, 3.8) is 0 Å². The Balaban J connectivity index is 1.90. The predicted octanol–water partition coefficient (Wildman–Crippen LogP) is 4.33. The number of ether oxygens (including phenoxy) is 1. The molecular formula is C23H29NO2. The fraction of sp³-hybridized carbons (Fsp3) is 0.391. The molecule has 1 aliphatic rings. The van der Waals surface area contributed by atoms with Crippen molar-refractivity contribution in [1.82, 2.24) is 4.90 Å². The molecule has 3 nitrogen and oxygen atoms in total. The van der Waals surface area contributed by atoms with Crippen LogP contribution in [0.15, 0.2) is 60.2 Å². The van der Waals surface area contributed by atoms with E-state index in [9.17, 15) is 5.11 Å². The average molecular weight is 351 g/mol. The van der Waals surface area contributed by atoms with E-state index < -0.39 is 5.60 Å². The summed E-state index contributed by atoms with van der Waals surface area (Å²) in [6.45, 7) is 0.847. The highest BCUT2D eigenvalue weighted by atomic mass is 16.5. The largest absolute Gasteiger partial charge is 0.497 e. The monoisotopic (exact) mass is 351 g/mol. The second-order valence-electron chi connectivity index (χ2n) is 7.53. The molecule has 26 heavy (non-hydrogen) atoms. The van der Waals surface area contributed by atoms with Crippen molar-refractivity contribution in [2.24, 2.45) is 5.92 Å². The first-order chi connectivity index (χ1) is 12.5. The average Bonchev–Trinajstić information content (AvgIpc) is 2.65. The molecule has 0 spiro atoms. The fourth-order valence-corrected chi connectivity index (χ4v) is 3.99. The summed E-state index contributed by atoms with van der Waals surface area (Å²) in [4.78, 5) is 2.17. The van der Waals surface area contributed by atoms with E-state index in [4.69, 9.17) is 4.74 Å². The van der Waals surface area contributed by atoms with Crippen LogP contribution in [0, 0.1) is 5.92 Å². The van der Waals surface area contributed by atoms with Gasteiger partial charge in [0.25, 0.3) is 0 Å². The molecule has 2 aromatic carbocycles. The van der Waals surface area contributed by atoms with Crippen molar-refractivity contribution in [2.45, 2.75) is 24.9 Å². The van der Waals surface area contributed by atoms with Crippen LogP contribution in [0.5, 0.6) is 5.75 Å². The van der Waals surface area contributed by atoms with Gasteiger partial charge in [0, 0.05) is 12.5 Å². The van der Waals surface area contributed by atoms with Crippen molar-refractivity contribution in [3.8, 4) is 5.75 Å². The molecule has 1 aliphatic carbocycles. The van der Waals surface area contributed by atoms with Gasteiger partial charge in [-0.15, -0.1) is 0 Å². The van der Waals surface area contributed by atoms with Gasteiger partial charge in [-0.3, -0.25) is 0 Å². The molecule has 0 aliphatic heterocycles. The van der Waals surface area contributed by atoms with E-state index in [0.717, 1.165) is 37.1 Å². The molecule has 0 amide bonds. The number of aliphatic hydroxyl groups is 1. The van der Waals surface area contributed by atoms with Crippen LogP contribution >= 0.6 is 0 Å². The Hall–Kier alpha value is -2.10. The third-order valence-corrected chi connectivity index (χ3v) is 5.34. The van der Waals surface area contributed by atoms with Crippen LogP contribution in [0.2, 0.25) is 0 Å². The van der Waals surface area contributed by atoms with E-state index in [2.05, 4.69) is 49.3 Å². The third kappa shape index (κ3) is 4.17. The zero-order valence-corrected chi connectivity index (χ0v) is 16.0. The van der Waals surface area contributed by atoms with E-state index in [1.165, 1.54) is 11.1 Å². The molecule has 138 valence electrons. The molecule has 0 radical (unpaired) electrons. The van der Waals surface area contributed by atoms with Gasteiger partial charge in [0.05, 0.1) is 12.7 Å². The Morgan fingerprint density at radius 2 is 1.92 bits per heavy atom. The minimum Gasteiger partial charge on any atom is -0.497 e. The molecule has 0 aromatic heterocycles. The van der Waals surface area contributed by atoms with Gasteiger partial charge in [0.15, 0.2) is 0 Å². The standard InChI is InChI=1S/C23H29NO2/c1-24(2)17-21-15-19(14-18-8-5-4-6-9-18)12-13-23(21,25)20-10-7-11-22(16-20)26-3/h4-11,14,16,21,25H,12-13,15,17H2,1-3H3/b19-14-. The quantitative estimate of drug-likeness (QED) is 0.870. The van der Waals surface area contributed by atoms with Crippen LogP contribution < -0.4 is 4.74 Å². The van der Waals surface area contributed by atoms with Crippen LogP contribution in [0.3, 0.4) is 0 Å². The number of benzene rings is 2. The summed E-state index contributed by atoms with van der Waals surface area (Å²) < 4.78 is 5.37. The lowest BCUT2D eigenvalue weighted by atomic mass is 9.69. The first-order valence-corrected chi connectivity index (χ1v) is 9.27. The van der Waals surface area contributed by atoms with E-state index in [-0.39, 0.29) is 5.92 Å². The van der Waals surface area contributed by atoms with Crippen molar-refractivity contribution in [2.75, 3.05) is 27.7 Å². The zero-order valence-electron chi connectivity index (χ0n) is 16.0. The number of hydrogen-bond donors (Lipinski definition) is 1. The molecule has 0 bridgehead atoms. The summed E-state index contributed by atoms with van der Waals surface area (Å²) in [5.74, 6) is 0.943. The first kappa shape index (κ1) is 18.7. The van der Waals surface area contributed by atoms with Crippen molar-refractivity contribution in [3.05, 3.63) is 71.3 Å². The van der Waals surface area contributed by atoms with Crippen LogP contribution in [0.1, 0.15) is 30.4 Å².